The van der Waals surface area contributed by atoms with Crippen molar-refractivity contribution < 1.29 is 0 Å². The van der Waals surface area contributed by atoms with Crippen molar-refractivity contribution in [3.05, 3.63) is 0 Å². The standard InChI is InChI=1S/C9H15N5/c1-10-8-12-9-11-5-6-3-2-4-7(6)14(9)13-8/h6-7H,2-5H2,1H3,(H2,10,11,12,13). The number of nitrogens with zero attached hydrogens (tertiary/aromatic N) is 3. The van der Waals surface area contributed by atoms with Crippen LogP contribution in [0.4, 0.5) is 11.9 Å². The highest BCUT2D eigenvalue weighted by atomic mass is 15.5. The van der Waals surface area contributed by atoms with E-state index in [2.05, 4.69) is 25.4 Å². The predicted molar refractivity (Wildman–Crippen MR) is 54.4 cm³/mol. The van der Waals surface area contributed by atoms with Gasteiger partial charge < -0.3 is 10.6 Å². The van der Waals surface area contributed by atoms with E-state index in [9.17, 15) is 0 Å². The molecule has 1 aromatic heterocycles. The second-order valence-corrected chi connectivity index (χ2v) is 4.09. The second-order valence-electron chi connectivity index (χ2n) is 4.09. The topological polar surface area (TPSA) is 54.8 Å². The lowest BCUT2D eigenvalue weighted by atomic mass is 10.0. The molecule has 0 saturated heterocycles. The van der Waals surface area contributed by atoms with Gasteiger partial charge in [0.15, 0.2) is 0 Å². The molecule has 5 nitrogen and oxygen atoms in total. The summed E-state index contributed by atoms with van der Waals surface area (Å²) in [5.74, 6) is 2.41. The Balaban J connectivity index is 2.00. The Morgan fingerprint density at radius 1 is 1.50 bits per heavy atom. The summed E-state index contributed by atoms with van der Waals surface area (Å²) in [6.07, 6.45) is 3.91. The number of rotatable bonds is 1. The average Bonchev–Trinajstić information content (AvgIpc) is 2.82. The van der Waals surface area contributed by atoms with Gasteiger partial charge in [-0.2, -0.15) is 4.98 Å². The van der Waals surface area contributed by atoms with Crippen molar-refractivity contribution in [3.8, 4) is 0 Å². The van der Waals surface area contributed by atoms with Gasteiger partial charge in [0, 0.05) is 13.6 Å². The van der Waals surface area contributed by atoms with Crippen molar-refractivity contribution in [1.82, 2.24) is 14.8 Å². The number of aromatic nitrogens is 3. The molecule has 0 bridgehead atoms. The summed E-state index contributed by atoms with van der Waals surface area (Å²) in [6, 6.07) is 0.584. The fourth-order valence-electron chi connectivity index (χ4n) is 2.58. The van der Waals surface area contributed by atoms with Crippen LogP contribution < -0.4 is 10.6 Å². The number of hydrogen-bond donors (Lipinski definition) is 2. The largest absolute Gasteiger partial charge is 0.356 e. The molecule has 0 amide bonds. The molecule has 1 aromatic rings. The molecule has 0 spiro atoms. The summed E-state index contributed by atoms with van der Waals surface area (Å²) in [5, 5.41) is 10.8. The maximum atomic E-state index is 4.44. The first kappa shape index (κ1) is 8.08. The second kappa shape index (κ2) is 2.87. The lowest BCUT2D eigenvalue weighted by Crippen LogP contribution is -2.29. The number of nitrogens with one attached hydrogen (secondary N) is 2. The van der Waals surface area contributed by atoms with E-state index in [1.807, 2.05) is 7.05 Å². The van der Waals surface area contributed by atoms with Crippen LogP contribution in [-0.2, 0) is 0 Å². The molecule has 14 heavy (non-hydrogen) atoms. The molecule has 1 fully saturated rings. The van der Waals surface area contributed by atoms with E-state index in [1.54, 1.807) is 0 Å². The molecule has 1 saturated carbocycles. The van der Waals surface area contributed by atoms with E-state index < -0.39 is 0 Å². The Kier molecular flexibility index (Phi) is 1.65. The van der Waals surface area contributed by atoms with Gasteiger partial charge in [0.1, 0.15) is 0 Å². The van der Waals surface area contributed by atoms with E-state index in [4.69, 9.17) is 0 Å². The molecule has 2 aliphatic rings. The van der Waals surface area contributed by atoms with Crippen molar-refractivity contribution in [2.24, 2.45) is 5.92 Å². The molecule has 0 radical (unpaired) electrons. The smallest absolute Gasteiger partial charge is 0.243 e. The summed E-state index contributed by atoms with van der Waals surface area (Å²) >= 11 is 0. The first-order valence-corrected chi connectivity index (χ1v) is 5.26. The molecule has 2 atom stereocenters. The SMILES string of the molecule is CNc1nc2n(n1)C1CCCC1CN2. The van der Waals surface area contributed by atoms with Crippen LogP contribution in [0.15, 0.2) is 0 Å². The Bertz CT molecular complexity index is 345. The Morgan fingerprint density at radius 2 is 2.43 bits per heavy atom. The zero-order chi connectivity index (χ0) is 9.54. The van der Waals surface area contributed by atoms with Gasteiger partial charge in [-0.3, -0.25) is 0 Å². The third-order valence-electron chi connectivity index (χ3n) is 3.31. The maximum Gasteiger partial charge on any atom is 0.243 e. The van der Waals surface area contributed by atoms with Crippen molar-refractivity contribution in [3.63, 3.8) is 0 Å². The summed E-state index contributed by atoms with van der Waals surface area (Å²) < 4.78 is 2.06. The monoisotopic (exact) mass is 193 g/mol. The fourth-order valence-corrected chi connectivity index (χ4v) is 2.58. The third-order valence-corrected chi connectivity index (χ3v) is 3.31. The molecule has 2 heterocycles. The fraction of sp³-hybridized carbons (Fsp3) is 0.778. The molecule has 2 N–H and O–H groups in total. The minimum absolute atomic E-state index is 0.584. The zero-order valence-corrected chi connectivity index (χ0v) is 8.32. The van der Waals surface area contributed by atoms with E-state index >= 15 is 0 Å². The zero-order valence-electron chi connectivity index (χ0n) is 8.32. The van der Waals surface area contributed by atoms with Gasteiger partial charge in [0.25, 0.3) is 0 Å². The first-order valence-electron chi connectivity index (χ1n) is 5.26. The van der Waals surface area contributed by atoms with Crippen molar-refractivity contribution in [1.29, 1.82) is 0 Å². The quantitative estimate of drug-likeness (QED) is 0.701. The summed E-state index contributed by atoms with van der Waals surface area (Å²) in [7, 11) is 1.85. The summed E-state index contributed by atoms with van der Waals surface area (Å²) in [4.78, 5) is 4.36. The van der Waals surface area contributed by atoms with Crippen molar-refractivity contribution >= 4 is 11.9 Å². The highest BCUT2D eigenvalue weighted by molar-refractivity contribution is 5.37. The molecule has 2 unspecified atom stereocenters. The molecule has 76 valence electrons. The van der Waals surface area contributed by atoms with Gasteiger partial charge in [-0.25, -0.2) is 4.68 Å². The molecule has 3 rings (SSSR count). The van der Waals surface area contributed by atoms with Gasteiger partial charge >= 0.3 is 0 Å². The Morgan fingerprint density at radius 3 is 3.29 bits per heavy atom. The van der Waals surface area contributed by atoms with E-state index in [-0.39, 0.29) is 0 Å². The van der Waals surface area contributed by atoms with Crippen LogP contribution in [0.5, 0.6) is 0 Å². The van der Waals surface area contributed by atoms with Crippen LogP contribution >= 0.6 is 0 Å². The van der Waals surface area contributed by atoms with Gasteiger partial charge in [-0.15, -0.1) is 5.10 Å². The summed E-state index contributed by atoms with van der Waals surface area (Å²) in [5.41, 5.74) is 0. The van der Waals surface area contributed by atoms with Crippen LogP contribution in [0.2, 0.25) is 0 Å². The minimum atomic E-state index is 0.584. The van der Waals surface area contributed by atoms with Crippen molar-refractivity contribution in [2.75, 3.05) is 24.2 Å². The molecule has 1 aliphatic carbocycles. The molecular weight excluding hydrogens is 178 g/mol. The van der Waals surface area contributed by atoms with Crippen LogP contribution in [0.25, 0.3) is 0 Å². The lowest BCUT2D eigenvalue weighted by molar-refractivity contribution is 0.347. The summed E-state index contributed by atoms with van der Waals surface area (Å²) in [6.45, 7) is 1.06. The first-order chi connectivity index (χ1) is 6.88. The molecular formula is C9H15N5. The highest BCUT2D eigenvalue weighted by Crippen LogP contribution is 2.39. The van der Waals surface area contributed by atoms with E-state index in [1.165, 1.54) is 19.3 Å². The highest BCUT2D eigenvalue weighted by Gasteiger charge is 2.34. The van der Waals surface area contributed by atoms with Crippen LogP contribution in [0.1, 0.15) is 25.3 Å². The molecule has 5 heteroatoms. The normalized spacial score (nSPS) is 29.2. The van der Waals surface area contributed by atoms with Gasteiger partial charge in [0.2, 0.25) is 11.9 Å². The van der Waals surface area contributed by atoms with Gasteiger partial charge in [-0.1, -0.05) is 6.42 Å². The molecule has 1 aliphatic heterocycles. The number of anilines is 2. The minimum Gasteiger partial charge on any atom is -0.356 e. The van der Waals surface area contributed by atoms with Crippen LogP contribution in [0.3, 0.4) is 0 Å². The number of fused-ring (bicyclic) bond motifs is 3. The van der Waals surface area contributed by atoms with E-state index in [0.29, 0.717) is 6.04 Å². The van der Waals surface area contributed by atoms with Crippen LogP contribution in [0, 0.1) is 5.92 Å². The van der Waals surface area contributed by atoms with Crippen molar-refractivity contribution in [2.45, 2.75) is 25.3 Å². The lowest BCUT2D eigenvalue weighted by Gasteiger charge is -2.26. The van der Waals surface area contributed by atoms with E-state index in [0.717, 1.165) is 24.4 Å². The third kappa shape index (κ3) is 1.01. The van der Waals surface area contributed by atoms with Gasteiger partial charge in [-0.05, 0) is 18.8 Å². The van der Waals surface area contributed by atoms with Gasteiger partial charge in [0.05, 0.1) is 6.04 Å². The molecule has 0 aromatic carbocycles. The Hall–Kier alpha value is -1.26. The average molecular weight is 193 g/mol. The number of hydrogen-bond acceptors (Lipinski definition) is 4. The maximum absolute atomic E-state index is 4.44. The Labute approximate surface area is 82.9 Å². The predicted octanol–water partition coefficient (Wildman–Crippen LogP) is 1.09. The van der Waals surface area contributed by atoms with Crippen LogP contribution in [-0.4, -0.2) is 28.4 Å².